The highest BCUT2D eigenvalue weighted by atomic mass is 32.2. The summed E-state index contributed by atoms with van der Waals surface area (Å²) in [5, 5.41) is 4.17. The summed E-state index contributed by atoms with van der Waals surface area (Å²) in [7, 11) is 2.09. The Hall–Kier alpha value is -1.25. The molecule has 2 atom stereocenters. The molecule has 1 nitrogen and oxygen atoms in total. The van der Waals surface area contributed by atoms with Gasteiger partial charge in [-0.25, -0.2) is 0 Å². The van der Waals surface area contributed by atoms with E-state index in [9.17, 15) is 0 Å². The van der Waals surface area contributed by atoms with E-state index in [1.807, 2.05) is 11.8 Å². The molecule has 2 unspecified atom stereocenters. The number of fused-ring (bicyclic) bond motifs is 1. The molecule has 0 fully saturated rings. The van der Waals surface area contributed by atoms with Crippen molar-refractivity contribution in [2.45, 2.75) is 42.9 Å². The minimum absolute atomic E-state index is 0.518. The van der Waals surface area contributed by atoms with Crippen LogP contribution in [0.3, 0.4) is 0 Å². The molecular weight excluding hydrogens is 274 g/mol. The summed E-state index contributed by atoms with van der Waals surface area (Å²) in [6.45, 7) is 4.38. The van der Waals surface area contributed by atoms with E-state index in [4.69, 9.17) is 0 Å². The van der Waals surface area contributed by atoms with Crippen LogP contribution >= 0.6 is 11.8 Å². The van der Waals surface area contributed by atoms with Crippen LogP contribution in [-0.2, 0) is 12.8 Å². The summed E-state index contributed by atoms with van der Waals surface area (Å²) >= 11 is 2.03. The number of benzene rings is 2. The van der Waals surface area contributed by atoms with E-state index >= 15 is 0 Å². The third-order valence-corrected chi connectivity index (χ3v) is 5.97. The second kappa shape index (κ2) is 6.25. The van der Waals surface area contributed by atoms with Crippen molar-refractivity contribution < 1.29 is 0 Å². The van der Waals surface area contributed by atoms with Gasteiger partial charge in [-0.2, -0.15) is 0 Å². The van der Waals surface area contributed by atoms with E-state index in [1.165, 1.54) is 33.6 Å². The van der Waals surface area contributed by atoms with E-state index in [0.29, 0.717) is 11.3 Å². The normalized spacial score (nSPS) is 18.5. The summed E-state index contributed by atoms with van der Waals surface area (Å²) < 4.78 is 0. The summed E-state index contributed by atoms with van der Waals surface area (Å²) in [4.78, 5) is 1.46. The summed E-state index contributed by atoms with van der Waals surface area (Å²) in [6.07, 6.45) is 2.28. The second-order valence-electron chi connectivity index (χ2n) is 5.99. The van der Waals surface area contributed by atoms with Gasteiger partial charge in [0.2, 0.25) is 0 Å². The lowest BCUT2D eigenvalue weighted by Gasteiger charge is -2.22. The van der Waals surface area contributed by atoms with E-state index < -0.39 is 0 Å². The number of aryl methyl sites for hydroxylation is 2. The van der Waals surface area contributed by atoms with Gasteiger partial charge in [-0.15, -0.1) is 11.8 Å². The maximum absolute atomic E-state index is 3.54. The topological polar surface area (TPSA) is 12.0 Å². The maximum Gasteiger partial charge on any atom is 0.0292 e. The highest BCUT2D eigenvalue weighted by Crippen LogP contribution is 2.38. The van der Waals surface area contributed by atoms with Gasteiger partial charge in [-0.1, -0.05) is 36.4 Å². The van der Waals surface area contributed by atoms with Crippen molar-refractivity contribution in [3.8, 4) is 0 Å². The Morgan fingerprint density at radius 3 is 2.67 bits per heavy atom. The van der Waals surface area contributed by atoms with Crippen molar-refractivity contribution in [1.82, 2.24) is 5.32 Å². The number of thioether (sulfide) groups is 1. The Morgan fingerprint density at radius 1 is 1.14 bits per heavy atom. The number of hydrogen-bond acceptors (Lipinski definition) is 2. The highest BCUT2D eigenvalue weighted by Gasteiger charge is 2.28. The Bertz CT molecular complexity index is 610. The summed E-state index contributed by atoms with van der Waals surface area (Å²) in [6, 6.07) is 16.2. The van der Waals surface area contributed by atoms with Crippen LogP contribution in [0.4, 0.5) is 0 Å². The molecule has 0 spiro atoms. The van der Waals surface area contributed by atoms with Gasteiger partial charge >= 0.3 is 0 Å². The molecule has 0 aromatic heterocycles. The monoisotopic (exact) mass is 297 g/mol. The zero-order valence-electron chi connectivity index (χ0n) is 13.0. The van der Waals surface area contributed by atoms with Crippen molar-refractivity contribution in [2.75, 3.05) is 7.05 Å². The predicted octanol–water partition coefficient (Wildman–Crippen LogP) is 4.15. The smallest absolute Gasteiger partial charge is 0.0292 e. The molecule has 1 N–H and O–H groups in total. The first kappa shape index (κ1) is 14.7. The van der Waals surface area contributed by atoms with E-state index in [1.54, 1.807) is 0 Å². The summed E-state index contributed by atoms with van der Waals surface area (Å²) in [5.74, 6) is 0. The number of hydrogen-bond donors (Lipinski definition) is 1. The van der Waals surface area contributed by atoms with Crippen molar-refractivity contribution in [3.63, 3.8) is 0 Å². The van der Waals surface area contributed by atoms with Gasteiger partial charge in [0.15, 0.2) is 0 Å². The van der Waals surface area contributed by atoms with Crippen LogP contribution in [0.1, 0.15) is 22.3 Å². The molecule has 0 amide bonds. The molecule has 2 aromatic rings. The molecule has 1 aliphatic rings. The maximum atomic E-state index is 3.54. The van der Waals surface area contributed by atoms with Gasteiger partial charge < -0.3 is 5.32 Å². The lowest BCUT2D eigenvalue weighted by atomic mass is 9.97. The predicted molar refractivity (Wildman–Crippen MR) is 92.3 cm³/mol. The van der Waals surface area contributed by atoms with Crippen LogP contribution in [0.25, 0.3) is 0 Å². The first-order valence-corrected chi connectivity index (χ1v) is 8.53. The largest absolute Gasteiger partial charge is 0.316 e. The standard InChI is InChI=1S/C19H23NS/c1-13-8-9-15(10-14(13)2)11-17(20-3)19-12-16-6-4-5-7-18(16)21-19/h4-10,17,19-20H,11-12H2,1-3H3. The quantitative estimate of drug-likeness (QED) is 0.910. The van der Waals surface area contributed by atoms with E-state index in [2.05, 4.69) is 68.7 Å². The van der Waals surface area contributed by atoms with Crippen LogP contribution in [-0.4, -0.2) is 18.3 Å². The fourth-order valence-corrected chi connectivity index (χ4v) is 4.48. The lowest BCUT2D eigenvalue weighted by Crippen LogP contribution is -2.37. The second-order valence-corrected chi connectivity index (χ2v) is 7.27. The third-order valence-electron chi connectivity index (χ3n) is 4.52. The molecule has 110 valence electrons. The van der Waals surface area contributed by atoms with Crippen LogP contribution in [0.15, 0.2) is 47.4 Å². The van der Waals surface area contributed by atoms with E-state index in [0.717, 1.165) is 6.42 Å². The van der Waals surface area contributed by atoms with Crippen molar-refractivity contribution in [2.24, 2.45) is 0 Å². The van der Waals surface area contributed by atoms with Gasteiger partial charge in [-0.3, -0.25) is 0 Å². The Balaban J connectivity index is 1.73. The molecular formula is C19H23NS. The van der Waals surface area contributed by atoms with Crippen LogP contribution in [0.2, 0.25) is 0 Å². The Morgan fingerprint density at radius 2 is 1.95 bits per heavy atom. The minimum Gasteiger partial charge on any atom is -0.316 e. The van der Waals surface area contributed by atoms with Crippen molar-refractivity contribution in [1.29, 1.82) is 0 Å². The van der Waals surface area contributed by atoms with Crippen molar-refractivity contribution in [3.05, 3.63) is 64.7 Å². The fourth-order valence-electron chi connectivity index (χ4n) is 3.04. The van der Waals surface area contributed by atoms with Gasteiger partial charge in [0.25, 0.3) is 0 Å². The number of rotatable bonds is 4. The molecule has 21 heavy (non-hydrogen) atoms. The first-order chi connectivity index (χ1) is 10.2. The van der Waals surface area contributed by atoms with Gasteiger partial charge in [-0.05, 0) is 62.1 Å². The molecule has 2 aromatic carbocycles. The molecule has 0 saturated heterocycles. The third kappa shape index (κ3) is 3.17. The highest BCUT2D eigenvalue weighted by molar-refractivity contribution is 8.00. The Kier molecular flexibility index (Phi) is 4.37. The van der Waals surface area contributed by atoms with E-state index in [-0.39, 0.29) is 0 Å². The first-order valence-electron chi connectivity index (χ1n) is 7.65. The molecule has 1 aliphatic heterocycles. The zero-order chi connectivity index (χ0) is 14.8. The fraction of sp³-hybridized carbons (Fsp3) is 0.368. The molecule has 0 bridgehead atoms. The summed E-state index contributed by atoms with van der Waals surface area (Å²) in [5.41, 5.74) is 5.72. The zero-order valence-corrected chi connectivity index (χ0v) is 13.8. The lowest BCUT2D eigenvalue weighted by molar-refractivity contribution is 0.537. The van der Waals surface area contributed by atoms with Crippen LogP contribution in [0.5, 0.6) is 0 Å². The Labute approximate surface area is 132 Å². The van der Waals surface area contributed by atoms with Crippen LogP contribution < -0.4 is 5.32 Å². The van der Waals surface area contributed by atoms with Crippen LogP contribution in [0, 0.1) is 13.8 Å². The minimum atomic E-state index is 0.518. The molecule has 0 saturated carbocycles. The molecule has 1 heterocycles. The van der Waals surface area contributed by atoms with Crippen molar-refractivity contribution >= 4 is 11.8 Å². The molecule has 2 heteroatoms. The molecule has 3 rings (SSSR count). The average molecular weight is 297 g/mol. The van der Waals surface area contributed by atoms with Gasteiger partial charge in [0.1, 0.15) is 0 Å². The SMILES string of the molecule is CNC(Cc1ccc(C)c(C)c1)C1Cc2ccccc2S1. The number of likely N-dealkylation sites (N-methyl/N-ethyl adjacent to an activating group) is 1. The molecule has 0 radical (unpaired) electrons. The molecule has 0 aliphatic carbocycles. The number of nitrogens with one attached hydrogen (secondary N) is 1. The van der Waals surface area contributed by atoms with Gasteiger partial charge in [0, 0.05) is 16.2 Å². The van der Waals surface area contributed by atoms with Gasteiger partial charge in [0.05, 0.1) is 0 Å². The average Bonchev–Trinajstić information content (AvgIpc) is 2.92.